The van der Waals surface area contributed by atoms with Crippen molar-refractivity contribution in [1.29, 1.82) is 0 Å². The molecule has 0 radical (unpaired) electrons. The minimum atomic E-state index is -0.257. The highest BCUT2D eigenvalue weighted by Gasteiger charge is 2.21. The minimum Gasteiger partial charge on any atom is -0.430 e. The standard InChI is InChI=1S/C16H24N2O2/c1-14(18-11-7-4-8-12-18)20-16(19)17(2)13-15-9-5-3-6-10-15/h3,5-6,9-10,14H,4,7-8,11-13H2,1-2H3. The molecule has 20 heavy (non-hydrogen) atoms. The molecule has 0 aromatic heterocycles. The molecule has 1 saturated heterocycles. The lowest BCUT2D eigenvalue weighted by Gasteiger charge is -2.32. The van der Waals surface area contributed by atoms with Crippen LogP contribution in [0.4, 0.5) is 4.79 Å². The van der Waals surface area contributed by atoms with Gasteiger partial charge in [-0.25, -0.2) is 4.79 Å². The van der Waals surface area contributed by atoms with Gasteiger partial charge in [0.1, 0.15) is 0 Å². The smallest absolute Gasteiger partial charge is 0.411 e. The van der Waals surface area contributed by atoms with Gasteiger partial charge >= 0.3 is 6.09 Å². The molecule has 1 aliphatic heterocycles. The summed E-state index contributed by atoms with van der Waals surface area (Å²) in [5.74, 6) is 0. The van der Waals surface area contributed by atoms with E-state index in [0.29, 0.717) is 6.54 Å². The number of rotatable bonds is 4. The molecule has 1 unspecified atom stereocenters. The zero-order valence-electron chi connectivity index (χ0n) is 12.4. The van der Waals surface area contributed by atoms with Crippen LogP contribution in [0.1, 0.15) is 31.7 Å². The molecule has 4 heteroatoms. The Morgan fingerprint density at radius 1 is 1.25 bits per heavy atom. The average Bonchev–Trinajstić information content (AvgIpc) is 2.49. The van der Waals surface area contributed by atoms with E-state index in [0.717, 1.165) is 18.7 Å². The third kappa shape index (κ3) is 4.23. The third-order valence-electron chi connectivity index (χ3n) is 3.75. The molecule has 1 heterocycles. The van der Waals surface area contributed by atoms with E-state index in [-0.39, 0.29) is 12.3 Å². The Kier molecular flexibility index (Phi) is 5.41. The van der Waals surface area contributed by atoms with E-state index in [1.165, 1.54) is 19.3 Å². The number of hydrogen-bond acceptors (Lipinski definition) is 3. The molecule has 0 saturated carbocycles. The quantitative estimate of drug-likeness (QED) is 0.847. The predicted molar refractivity (Wildman–Crippen MR) is 79.3 cm³/mol. The summed E-state index contributed by atoms with van der Waals surface area (Å²) in [6.07, 6.45) is 3.28. The third-order valence-corrected chi connectivity index (χ3v) is 3.75. The second kappa shape index (κ2) is 7.29. The highest BCUT2D eigenvalue weighted by Crippen LogP contribution is 2.14. The number of hydrogen-bond donors (Lipinski definition) is 0. The van der Waals surface area contributed by atoms with Crippen LogP contribution in [0.2, 0.25) is 0 Å². The van der Waals surface area contributed by atoms with E-state index >= 15 is 0 Å². The van der Waals surface area contributed by atoms with Crippen molar-refractivity contribution in [2.24, 2.45) is 0 Å². The summed E-state index contributed by atoms with van der Waals surface area (Å²) in [5, 5.41) is 0. The first-order chi connectivity index (χ1) is 9.66. The number of nitrogens with zero attached hydrogens (tertiary/aromatic N) is 2. The van der Waals surface area contributed by atoms with Crippen molar-refractivity contribution in [3.63, 3.8) is 0 Å². The van der Waals surface area contributed by atoms with Gasteiger partial charge in [0.25, 0.3) is 0 Å². The summed E-state index contributed by atoms with van der Waals surface area (Å²) in [6, 6.07) is 9.95. The van der Waals surface area contributed by atoms with Crippen molar-refractivity contribution in [3.8, 4) is 0 Å². The second-order valence-electron chi connectivity index (χ2n) is 5.42. The Bertz CT molecular complexity index is 416. The predicted octanol–water partition coefficient (Wildman–Crippen LogP) is 3.09. The molecule has 0 N–H and O–H groups in total. The molecule has 110 valence electrons. The number of carbonyl (C=O) groups excluding carboxylic acids is 1. The van der Waals surface area contributed by atoms with Gasteiger partial charge in [0, 0.05) is 26.7 Å². The maximum atomic E-state index is 12.1. The van der Waals surface area contributed by atoms with Gasteiger partial charge in [-0.05, 0) is 25.3 Å². The molecule has 0 aliphatic carbocycles. The molecule has 1 amide bonds. The lowest BCUT2D eigenvalue weighted by Crippen LogP contribution is -2.42. The summed E-state index contributed by atoms with van der Waals surface area (Å²) in [4.78, 5) is 15.9. The Hall–Kier alpha value is -1.55. The van der Waals surface area contributed by atoms with E-state index in [1.54, 1.807) is 11.9 Å². The summed E-state index contributed by atoms with van der Waals surface area (Å²) in [6.45, 7) is 4.58. The Morgan fingerprint density at radius 2 is 1.90 bits per heavy atom. The summed E-state index contributed by atoms with van der Waals surface area (Å²) in [5.41, 5.74) is 1.11. The molecule has 1 fully saturated rings. The van der Waals surface area contributed by atoms with Crippen LogP contribution in [-0.2, 0) is 11.3 Å². The zero-order valence-corrected chi connectivity index (χ0v) is 12.4. The van der Waals surface area contributed by atoms with E-state index in [1.807, 2.05) is 37.3 Å². The van der Waals surface area contributed by atoms with Gasteiger partial charge in [0.2, 0.25) is 0 Å². The largest absolute Gasteiger partial charge is 0.430 e. The number of amides is 1. The number of likely N-dealkylation sites (tertiary alicyclic amines) is 1. The van der Waals surface area contributed by atoms with Crippen LogP contribution in [-0.4, -0.2) is 42.3 Å². The van der Waals surface area contributed by atoms with Gasteiger partial charge in [-0.3, -0.25) is 4.90 Å². The first-order valence-electron chi connectivity index (χ1n) is 7.36. The minimum absolute atomic E-state index is 0.138. The average molecular weight is 276 g/mol. The first kappa shape index (κ1) is 14.9. The SMILES string of the molecule is CC(OC(=O)N(C)Cc1ccccc1)N1CCCCC1. The molecule has 1 aliphatic rings. The maximum Gasteiger partial charge on any atom is 0.411 e. The Labute approximate surface area is 121 Å². The molecular weight excluding hydrogens is 252 g/mol. The first-order valence-corrected chi connectivity index (χ1v) is 7.36. The number of benzene rings is 1. The second-order valence-corrected chi connectivity index (χ2v) is 5.42. The van der Waals surface area contributed by atoms with Crippen molar-refractivity contribution in [2.45, 2.75) is 39.0 Å². The lowest BCUT2D eigenvalue weighted by molar-refractivity contribution is -0.0235. The zero-order chi connectivity index (χ0) is 14.4. The molecule has 2 rings (SSSR count). The molecule has 1 aromatic carbocycles. The van der Waals surface area contributed by atoms with Gasteiger partial charge in [0.05, 0.1) is 0 Å². The van der Waals surface area contributed by atoms with Crippen molar-refractivity contribution >= 4 is 6.09 Å². The Balaban J connectivity index is 1.81. The highest BCUT2D eigenvalue weighted by atomic mass is 16.6. The van der Waals surface area contributed by atoms with E-state index in [9.17, 15) is 4.79 Å². The van der Waals surface area contributed by atoms with Gasteiger partial charge in [-0.2, -0.15) is 0 Å². The maximum absolute atomic E-state index is 12.1. The molecule has 1 atom stereocenters. The number of ether oxygens (including phenoxy) is 1. The van der Waals surface area contributed by atoms with E-state index in [2.05, 4.69) is 4.90 Å². The van der Waals surface area contributed by atoms with E-state index in [4.69, 9.17) is 4.74 Å². The van der Waals surface area contributed by atoms with Gasteiger partial charge in [-0.15, -0.1) is 0 Å². The Morgan fingerprint density at radius 3 is 2.55 bits per heavy atom. The fourth-order valence-corrected chi connectivity index (χ4v) is 2.51. The van der Waals surface area contributed by atoms with Gasteiger partial charge in [0.15, 0.2) is 6.23 Å². The van der Waals surface area contributed by atoms with Crippen LogP contribution in [0.3, 0.4) is 0 Å². The summed E-state index contributed by atoms with van der Waals surface area (Å²) < 4.78 is 5.54. The van der Waals surface area contributed by atoms with Gasteiger partial charge < -0.3 is 9.64 Å². The molecule has 1 aromatic rings. The van der Waals surface area contributed by atoms with Crippen LogP contribution in [0, 0.1) is 0 Å². The van der Waals surface area contributed by atoms with Crippen molar-refractivity contribution < 1.29 is 9.53 Å². The lowest BCUT2D eigenvalue weighted by atomic mass is 10.1. The van der Waals surface area contributed by atoms with Crippen LogP contribution in [0.5, 0.6) is 0 Å². The fourth-order valence-electron chi connectivity index (χ4n) is 2.51. The number of piperidine rings is 1. The van der Waals surface area contributed by atoms with Crippen LogP contribution in [0.15, 0.2) is 30.3 Å². The highest BCUT2D eigenvalue weighted by molar-refractivity contribution is 5.67. The monoisotopic (exact) mass is 276 g/mol. The molecule has 4 nitrogen and oxygen atoms in total. The molecular formula is C16H24N2O2. The van der Waals surface area contributed by atoms with Gasteiger partial charge in [-0.1, -0.05) is 36.8 Å². The van der Waals surface area contributed by atoms with Crippen molar-refractivity contribution in [3.05, 3.63) is 35.9 Å². The summed E-state index contributed by atoms with van der Waals surface area (Å²) >= 11 is 0. The topological polar surface area (TPSA) is 32.8 Å². The van der Waals surface area contributed by atoms with Crippen LogP contribution < -0.4 is 0 Å². The van der Waals surface area contributed by atoms with Crippen LogP contribution in [0.25, 0.3) is 0 Å². The van der Waals surface area contributed by atoms with Crippen molar-refractivity contribution in [2.75, 3.05) is 20.1 Å². The van der Waals surface area contributed by atoms with E-state index < -0.39 is 0 Å². The molecule has 0 spiro atoms. The number of carbonyl (C=O) groups is 1. The summed E-state index contributed by atoms with van der Waals surface area (Å²) in [7, 11) is 1.78. The van der Waals surface area contributed by atoms with Crippen LogP contribution >= 0.6 is 0 Å². The molecule has 0 bridgehead atoms. The van der Waals surface area contributed by atoms with Crippen molar-refractivity contribution in [1.82, 2.24) is 9.80 Å². The normalized spacial score (nSPS) is 17.5. The fraction of sp³-hybridized carbons (Fsp3) is 0.562.